The summed E-state index contributed by atoms with van der Waals surface area (Å²) in [5.41, 5.74) is 0.932. The number of nitrogens with zero attached hydrogens (tertiary/aromatic N) is 3. The van der Waals surface area contributed by atoms with Gasteiger partial charge in [-0.15, -0.1) is 0 Å². The fraction of sp³-hybridized carbons (Fsp3) is 0.588. The summed E-state index contributed by atoms with van der Waals surface area (Å²) in [5.74, 6) is -0.182. The van der Waals surface area contributed by atoms with Gasteiger partial charge in [-0.1, -0.05) is 26.7 Å². The minimum atomic E-state index is -0.0909. The number of hydrogen-bond donors (Lipinski definition) is 0. The molecule has 0 fully saturated rings. The largest absolute Gasteiger partial charge is 0.342 e. The Morgan fingerprint density at radius 1 is 0.909 bits per heavy atom. The van der Waals surface area contributed by atoms with Crippen LogP contribution in [0.1, 0.15) is 60.2 Å². The van der Waals surface area contributed by atoms with Gasteiger partial charge in [0.1, 0.15) is 0 Å². The number of unbranched alkanes of at least 4 members (excludes halogenated alkanes) is 2. The van der Waals surface area contributed by atoms with Crippen molar-refractivity contribution in [3.8, 4) is 0 Å². The van der Waals surface area contributed by atoms with E-state index < -0.39 is 0 Å². The zero-order valence-electron chi connectivity index (χ0n) is 14.1. The molecule has 5 heteroatoms. The highest BCUT2D eigenvalue weighted by Crippen LogP contribution is 2.09. The minimum absolute atomic E-state index is 0.0909. The maximum atomic E-state index is 12.3. The van der Waals surface area contributed by atoms with Crippen molar-refractivity contribution in [3.05, 3.63) is 29.6 Å². The Bertz CT molecular complexity index is 461. The van der Waals surface area contributed by atoms with Crippen LogP contribution in [0.15, 0.2) is 18.5 Å². The Morgan fingerprint density at radius 3 is 1.68 bits per heavy atom. The number of aromatic nitrogens is 1. The second kappa shape index (κ2) is 9.18. The fourth-order valence-corrected chi connectivity index (χ4v) is 2.11. The molecule has 0 saturated heterocycles. The summed E-state index contributed by atoms with van der Waals surface area (Å²) in [6.07, 6.45) is 7.05. The quantitative estimate of drug-likeness (QED) is 0.742. The zero-order valence-corrected chi connectivity index (χ0v) is 14.1. The second-order valence-corrected chi connectivity index (χ2v) is 5.62. The van der Waals surface area contributed by atoms with Gasteiger partial charge >= 0.3 is 0 Å². The van der Waals surface area contributed by atoms with Crippen LogP contribution in [0.4, 0.5) is 0 Å². The minimum Gasteiger partial charge on any atom is -0.342 e. The van der Waals surface area contributed by atoms with Crippen LogP contribution in [-0.2, 0) is 0 Å². The van der Waals surface area contributed by atoms with Crippen LogP contribution in [0.25, 0.3) is 0 Å². The van der Waals surface area contributed by atoms with Crippen molar-refractivity contribution in [3.63, 3.8) is 0 Å². The standard InChI is InChI=1S/C17H27N3O2/c1-5-7-9-19(3)16(21)14-11-15(13-18-12-14)17(22)20(4)10-8-6-2/h11-13H,5-10H2,1-4H3. The van der Waals surface area contributed by atoms with Crippen LogP contribution in [-0.4, -0.2) is 53.8 Å². The summed E-state index contributed by atoms with van der Waals surface area (Å²) >= 11 is 0. The highest BCUT2D eigenvalue weighted by atomic mass is 16.2. The number of rotatable bonds is 8. The number of hydrogen-bond acceptors (Lipinski definition) is 3. The fourth-order valence-electron chi connectivity index (χ4n) is 2.11. The molecule has 0 aliphatic carbocycles. The second-order valence-electron chi connectivity index (χ2n) is 5.62. The molecule has 5 nitrogen and oxygen atoms in total. The van der Waals surface area contributed by atoms with Crippen molar-refractivity contribution in [2.24, 2.45) is 0 Å². The van der Waals surface area contributed by atoms with Gasteiger partial charge in [0.25, 0.3) is 11.8 Å². The first kappa shape index (κ1) is 18.1. The van der Waals surface area contributed by atoms with E-state index in [9.17, 15) is 9.59 Å². The summed E-state index contributed by atoms with van der Waals surface area (Å²) in [7, 11) is 3.56. The Morgan fingerprint density at radius 2 is 1.32 bits per heavy atom. The molecule has 0 spiro atoms. The van der Waals surface area contributed by atoms with Crippen molar-refractivity contribution in [2.75, 3.05) is 27.2 Å². The molecule has 1 heterocycles. The van der Waals surface area contributed by atoms with Gasteiger partial charge in [0.15, 0.2) is 0 Å². The molecule has 0 aliphatic heterocycles. The van der Waals surface area contributed by atoms with E-state index in [0.29, 0.717) is 24.2 Å². The molecule has 1 rings (SSSR count). The number of carbonyl (C=O) groups excluding carboxylic acids is 2. The van der Waals surface area contributed by atoms with Crippen LogP contribution < -0.4 is 0 Å². The molecule has 1 aromatic rings. The van der Waals surface area contributed by atoms with E-state index in [-0.39, 0.29) is 11.8 Å². The Balaban J connectivity index is 2.80. The summed E-state index contributed by atoms with van der Waals surface area (Å²) in [4.78, 5) is 32.1. The topological polar surface area (TPSA) is 53.5 Å². The molecule has 0 aliphatic rings. The first-order chi connectivity index (χ1) is 10.5. The average Bonchev–Trinajstić information content (AvgIpc) is 2.56. The molecule has 2 amide bonds. The Kier molecular flexibility index (Phi) is 7.57. The predicted octanol–water partition coefficient (Wildman–Crippen LogP) is 2.83. The van der Waals surface area contributed by atoms with Crippen LogP contribution in [0.5, 0.6) is 0 Å². The van der Waals surface area contributed by atoms with Crippen LogP contribution in [0.2, 0.25) is 0 Å². The normalized spacial score (nSPS) is 10.4. The summed E-state index contributed by atoms with van der Waals surface area (Å²) in [5, 5.41) is 0. The molecule has 0 radical (unpaired) electrons. The van der Waals surface area contributed by atoms with E-state index in [1.807, 2.05) is 0 Å². The molecule has 0 saturated carbocycles. The molecule has 0 atom stereocenters. The van der Waals surface area contributed by atoms with Crippen LogP contribution >= 0.6 is 0 Å². The van der Waals surface area contributed by atoms with Gasteiger partial charge in [-0.3, -0.25) is 14.6 Å². The predicted molar refractivity (Wildman–Crippen MR) is 88.0 cm³/mol. The van der Waals surface area contributed by atoms with Crippen LogP contribution in [0.3, 0.4) is 0 Å². The Hall–Kier alpha value is -1.91. The van der Waals surface area contributed by atoms with Crippen molar-refractivity contribution >= 4 is 11.8 Å². The maximum Gasteiger partial charge on any atom is 0.255 e. The zero-order chi connectivity index (χ0) is 16.5. The first-order valence-electron chi connectivity index (χ1n) is 7.97. The van der Waals surface area contributed by atoms with Crippen molar-refractivity contribution in [1.29, 1.82) is 0 Å². The molecule has 0 aromatic carbocycles. The summed E-state index contributed by atoms with van der Waals surface area (Å²) in [6, 6.07) is 1.64. The van der Waals surface area contributed by atoms with Gasteiger partial charge in [-0.05, 0) is 18.9 Å². The summed E-state index contributed by atoms with van der Waals surface area (Å²) in [6.45, 7) is 5.60. The first-order valence-corrected chi connectivity index (χ1v) is 7.97. The van der Waals surface area contributed by atoms with E-state index >= 15 is 0 Å². The lowest BCUT2D eigenvalue weighted by atomic mass is 10.1. The van der Waals surface area contributed by atoms with Crippen molar-refractivity contribution < 1.29 is 9.59 Å². The lowest BCUT2D eigenvalue weighted by molar-refractivity contribution is 0.0791. The van der Waals surface area contributed by atoms with Gasteiger partial charge in [-0.25, -0.2) is 0 Å². The third kappa shape index (κ3) is 5.13. The van der Waals surface area contributed by atoms with E-state index in [4.69, 9.17) is 0 Å². The molecule has 22 heavy (non-hydrogen) atoms. The van der Waals surface area contributed by atoms with Gasteiger partial charge in [0, 0.05) is 39.6 Å². The van der Waals surface area contributed by atoms with Gasteiger partial charge in [0.05, 0.1) is 11.1 Å². The Labute approximate surface area is 133 Å². The van der Waals surface area contributed by atoms with E-state index in [2.05, 4.69) is 18.8 Å². The van der Waals surface area contributed by atoms with Crippen molar-refractivity contribution in [2.45, 2.75) is 39.5 Å². The highest BCUT2D eigenvalue weighted by Gasteiger charge is 2.16. The lowest BCUT2D eigenvalue weighted by Crippen LogP contribution is -2.30. The van der Waals surface area contributed by atoms with Gasteiger partial charge in [0.2, 0.25) is 0 Å². The third-order valence-electron chi connectivity index (χ3n) is 3.62. The van der Waals surface area contributed by atoms with Gasteiger partial charge in [-0.2, -0.15) is 0 Å². The smallest absolute Gasteiger partial charge is 0.255 e. The maximum absolute atomic E-state index is 12.3. The SMILES string of the molecule is CCCCN(C)C(=O)c1cncc(C(=O)N(C)CCCC)c1. The molecule has 122 valence electrons. The van der Waals surface area contributed by atoms with Crippen molar-refractivity contribution in [1.82, 2.24) is 14.8 Å². The van der Waals surface area contributed by atoms with Crippen LogP contribution in [0, 0.1) is 0 Å². The molecule has 0 unspecified atom stereocenters. The summed E-state index contributed by atoms with van der Waals surface area (Å²) < 4.78 is 0. The van der Waals surface area contributed by atoms with E-state index in [1.54, 1.807) is 30.0 Å². The average molecular weight is 305 g/mol. The monoisotopic (exact) mass is 305 g/mol. The van der Waals surface area contributed by atoms with Gasteiger partial charge < -0.3 is 9.80 Å². The number of amides is 2. The molecule has 1 aromatic heterocycles. The number of carbonyl (C=O) groups is 2. The van der Waals surface area contributed by atoms with E-state index in [0.717, 1.165) is 25.7 Å². The molecule has 0 bridgehead atoms. The lowest BCUT2D eigenvalue weighted by Gasteiger charge is -2.18. The highest BCUT2D eigenvalue weighted by molar-refractivity contribution is 5.99. The molecule has 0 N–H and O–H groups in total. The number of pyridine rings is 1. The molecular formula is C17H27N3O2. The molecular weight excluding hydrogens is 278 g/mol. The third-order valence-corrected chi connectivity index (χ3v) is 3.62. The van der Waals surface area contributed by atoms with E-state index in [1.165, 1.54) is 12.4 Å².